The Kier molecular flexibility index (Phi) is 2.88. The lowest BCUT2D eigenvalue weighted by atomic mass is 9.93. The normalized spacial score (nSPS) is 24.8. The smallest absolute Gasteiger partial charge is 0.244 e. The van der Waals surface area contributed by atoms with E-state index in [-0.39, 0.29) is 17.9 Å². The number of carbonyl (C=O) groups is 1. The first-order chi connectivity index (χ1) is 6.28. The van der Waals surface area contributed by atoms with Crippen LogP contribution < -0.4 is 5.73 Å². The first-order valence-corrected chi connectivity index (χ1v) is 4.98. The third kappa shape index (κ3) is 2.25. The van der Waals surface area contributed by atoms with Gasteiger partial charge in [0.25, 0.3) is 0 Å². The van der Waals surface area contributed by atoms with Crippen molar-refractivity contribution in [1.29, 1.82) is 0 Å². The molecule has 0 bridgehead atoms. The lowest BCUT2D eigenvalue weighted by Gasteiger charge is -2.28. The van der Waals surface area contributed by atoms with Crippen LogP contribution >= 0.6 is 0 Å². The average molecular weight is 200 g/mol. The fourth-order valence-corrected chi connectivity index (χ4v) is 1.71. The second-order valence-electron chi connectivity index (χ2n) is 5.22. The molecule has 1 amide bonds. The maximum Gasteiger partial charge on any atom is 0.244 e. The Morgan fingerprint density at radius 1 is 1.64 bits per heavy atom. The van der Waals surface area contributed by atoms with Crippen molar-refractivity contribution in [2.24, 2.45) is 11.1 Å². The van der Waals surface area contributed by atoms with Gasteiger partial charge >= 0.3 is 0 Å². The molecule has 0 unspecified atom stereocenters. The molecular weight excluding hydrogens is 180 g/mol. The number of nitrogens with zero attached hydrogens (tertiary/aromatic N) is 1. The molecule has 0 aliphatic carbocycles. The number of rotatable bonds is 2. The summed E-state index contributed by atoms with van der Waals surface area (Å²) in [5.74, 6) is -0.148. The average Bonchev–Trinajstić information content (AvgIpc) is 2.44. The summed E-state index contributed by atoms with van der Waals surface area (Å²) in [4.78, 5) is 13.6. The van der Waals surface area contributed by atoms with E-state index in [0.717, 1.165) is 19.5 Å². The molecule has 1 atom stereocenters. The molecule has 0 saturated carbocycles. The summed E-state index contributed by atoms with van der Waals surface area (Å²) in [6.07, 6.45) is 1.00. The van der Waals surface area contributed by atoms with Crippen LogP contribution in [0.3, 0.4) is 0 Å². The molecule has 4 nitrogen and oxygen atoms in total. The maximum atomic E-state index is 11.8. The van der Waals surface area contributed by atoms with Crippen LogP contribution in [0.25, 0.3) is 0 Å². The fourth-order valence-electron chi connectivity index (χ4n) is 1.71. The van der Waals surface area contributed by atoms with Gasteiger partial charge in [-0.3, -0.25) is 4.79 Å². The topological polar surface area (TPSA) is 66.6 Å². The first-order valence-electron chi connectivity index (χ1n) is 4.98. The highest BCUT2D eigenvalue weighted by Gasteiger charge is 2.38. The van der Waals surface area contributed by atoms with Crippen LogP contribution in [0.5, 0.6) is 0 Å². The van der Waals surface area contributed by atoms with E-state index in [4.69, 9.17) is 10.8 Å². The van der Waals surface area contributed by atoms with E-state index in [1.54, 1.807) is 11.8 Å². The van der Waals surface area contributed by atoms with E-state index in [0.29, 0.717) is 0 Å². The third-order valence-electron chi connectivity index (χ3n) is 2.78. The van der Waals surface area contributed by atoms with Crippen LogP contribution in [-0.2, 0) is 4.79 Å². The Morgan fingerprint density at radius 3 is 2.57 bits per heavy atom. The summed E-state index contributed by atoms with van der Waals surface area (Å²) < 4.78 is 0. The molecule has 1 saturated heterocycles. The highest BCUT2D eigenvalue weighted by Crippen LogP contribution is 2.29. The van der Waals surface area contributed by atoms with Crippen molar-refractivity contribution in [2.45, 2.75) is 32.7 Å². The van der Waals surface area contributed by atoms with E-state index < -0.39 is 5.54 Å². The Hall–Kier alpha value is -0.610. The first kappa shape index (κ1) is 11.5. The molecule has 1 fully saturated rings. The van der Waals surface area contributed by atoms with Gasteiger partial charge in [-0.05, 0) is 18.8 Å². The number of hydrogen-bond donors (Lipinski definition) is 2. The van der Waals surface area contributed by atoms with Crippen molar-refractivity contribution in [1.82, 2.24) is 4.90 Å². The number of carbonyl (C=O) groups excluding carboxylic acids is 1. The summed E-state index contributed by atoms with van der Waals surface area (Å²) >= 11 is 0. The van der Waals surface area contributed by atoms with Gasteiger partial charge in [0.15, 0.2) is 0 Å². The number of amides is 1. The standard InChI is InChI=1S/C10H20N2O2/c1-9(2)4-5-12(6-9)8(14)10(3,11)7-13/h13H,4-7,11H2,1-3H3/t10-/m1/s1. The van der Waals surface area contributed by atoms with Crippen molar-refractivity contribution >= 4 is 5.91 Å². The number of aliphatic hydroxyl groups is 1. The predicted molar refractivity (Wildman–Crippen MR) is 54.7 cm³/mol. The van der Waals surface area contributed by atoms with Crippen LogP contribution in [0.1, 0.15) is 27.2 Å². The molecular formula is C10H20N2O2. The van der Waals surface area contributed by atoms with Crippen molar-refractivity contribution in [3.63, 3.8) is 0 Å². The van der Waals surface area contributed by atoms with Gasteiger partial charge in [0, 0.05) is 13.1 Å². The highest BCUT2D eigenvalue weighted by atomic mass is 16.3. The molecule has 1 rings (SSSR count). The third-order valence-corrected chi connectivity index (χ3v) is 2.78. The molecule has 1 heterocycles. The molecule has 1 aliphatic rings. The van der Waals surface area contributed by atoms with Crippen molar-refractivity contribution in [3.8, 4) is 0 Å². The van der Waals surface area contributed by atoms with Crippen LogP contribution in [-0.4, -0.2) is 41.1 Å². The van der Waals surface area contributed by atoms with Gasteiger partial charge in [-0.1, -0.05) is 13.8 Å². The van der Waals surface area contributed by atoms with E-state index in [1.807, 2.05) is 0 Å². The van der Waals surface area contributed by atoms with Crippen LogP contribution in [0, 0.1) is 5.41 Å². The molecule has 0 aromatic heterocycles. The van der Waals surface area contributed by atoms with Crippen molar-refractivity contribution in [3.05, 3.63) is 0 Å². The zero-order chi connectivity index (χ0) is 11.0. The largest absolute Gasteiger partial charge is 0.394 e. The quantitative estimate of drug-likeness (QED) is 0.657. The Balaban J connectivity index is 2.65. The molecule has 82 valence electrons. The van der Waals surface area contributed by atoms with Crippen molar-refractivity contribution < 1.29 is 9.90 Å². The molecule has 3 N–H and O–H groups in total. The van der Waals surface area contributed by atoms with E-state index in [9.17, 15) is 4.79 Å². The molecule has 0 aromatic rings. The minimum Gasteiger partial charge on any atom is -0.394 e. The van der Waals surface area contributed by atoms with Gasteiger partial charge in [0.05, 0.1) is 6.61 Å². The maximum absolute atomic E-state index is 11.8. The molecule has 0 spiro atoms. The van der Waals surface area contributed by atoms with Gasteiger partial charge < -0.3 is 15.7 Å². The Morgan fingerprint density at radius 2 is 2.21 bits per heavy atom. The monoisotopic (exact) mass is 200 g/mol. The highest BCUT2D eigenvalue weighted by molar-refractivity contribution is 5.86. The molecule has 14 heavy (non-hydrogen) atoms. The number of aliphatic hydroxyl groups excluding tert-OH is 1. The van der Waals surface area contributed by atoms with Gasteiger partial charge in [0.1, 0.15) is 5.54 Å². The van der Waals surface area contributed by atoms with Gasteiger partial charge in [0.2, 0.25) is 5.91 Å². The van der Waals surface area contributed by atoms with Crippen molar-refractivity contribution in [2.75, 3.05) is 19.7 Å². The van der Waals surface area contributed by atoms with Gasteiger partial charge in [-0.15, -0.1) is 0 Å². The Bertz CT molecular complexity index is 236. The SMILES string of the molecule is CC1(C)CCN(C(=O)[C@](C)(N)CO)C1. The van der Waals surface area contributed by atoms with E-state index in [2.05, 4.69) is 13.8 Å². The van der Waals surface area contributed by atoms with Crippen LogP contribution in [0.2, 0.25) is 0 Å². The number of likely N-dealkylation sites (tertiary alicyclic amines) is 1. The summed E-state index contributed by atoms with van der Waals surface area (Å²) in [5, 5.41) is 8.98. The lowest BCUT2D eigenvalue weighted by Crippen LogP contribution is -2.55. The van der Waals surface area contributed by atoms with Crippen LogP contribution in [0.4, 0.5) is 0 Å². The minimum absolute atomic E-state index is 0.148. The predicted octanol–water partition coefficient (Wildman–Crippen LogP) is -0.0454. The van der Waals surface area contributed by atoms with E-state index >= 15 is 0 Å². The summed E-state index contributed by atoms with van der Waals surface area (Å²) in [6, 6.07) is 0. The number of hydrogen-bond acceptors (Lipinski definition) is 3. The summed E-state index contributed by atoms with van der Waals surface area (Å²) in [7, 11) is 0. The van der Waals surface area contributed by atoms with Gasteiger partial charge in [-0.25, -0.2) is 0 Å². The van der Waals surface area contributed by atoms with Gasteiger partial charge in [-0.2, -0.15) is 0 Å². The lowest BCUT2D eigenvalue weighted by molar-refractivity contribution is -0.137. The fraction of sp³-hybridized carbons (Fsp3) is 0.900. The summed E-state index contributed by atoms with van der Waals surface area (Å²) in [5.41, 5.74) is 4.74. The number of nitrogens with two attached hydrogens (primary N) is 1. The molecule has 1 aliphatic heterocycles. The van der Waals surface area contributed by atoms with E-state index in [1.165, 1.54) is 0 Å². The molecule has 4 heteroatoms. The summed E-state index contributed by atoms with van der Waals surface area (Å²) in [6.45, 7) is 7.01. The minimum atomic E-state index is -1.12. The molecule has 0 radical (unpaired) electrons. The Labute approximate surface area is 85.1 Å². The van der Waals surface area contributed by atoms with Crippen LogP contribution in [0.15, 0.2) is 0 Å². The second-order valence-corrected chi connectivity index (χ2v) is 5.22. The zero-order valence-corrected chi connectivity index (χ0v) is 9.21. The second kappa shape index (κ2) is 3.51. The molecule has 0 aromatic carbocycles. The zero-order valence-electron chi connectivity index (χ0n) is 9.21.